The number of benzene rings is 2. The first-order valence-corrected chi connectivity index (χ1v) is 14.0. The number of carbonyl (C=O) groups excluding carboxylic acids is 3. The number of hydrogen-bond acceptors (Lipinski definition) is 8. The first-order chi connectivity index (χ1) is 19.4. The predicted octanol–water partition coefficient (Wildman–Crippen LogP) is 6.92. The van der Waals surface area contributed by atoms with Crippen LogP contribution in [0.15, 0.2) is 49.9 Å². The van der Waals surface area contributed by atoms with Gasteiger partial charge in [-0.15, -0.1) is 0 Å². The Balaban J connectivity index is 0.000000289. The summed E-state index contributed by atoms with van der Waals surface area (Å²) in [5.74, 6) is -3.82. The molecule has 0 aliphatic heterocycles. The van der Waals surface area contributed by atoms with E-state index in [0.717, 1.165) is 12.4 Å². The molecule has 220 valence electrons. The number of fused-ring (bicyclic) bond motifs is 1. The van der Waals surface area contributed by atoms with Crippen LogP contribution < -0.4 is 10.7 Å². The van der Waals surface area contributed by atoms with Crippen molar-refractivity contribution in [2.24, 2.45) is 0 Å². The number of ether oxygens (including phenoxy) is 3. The summed E-state index contributed by atoms with van der Waals surface area (Å²) in [6.45, 7) is 5.16. The van der Waals surface area contributed by atoms with Gasteiger partial charge in [0.2, 0.25) is 5.43 Å². The van der Waals surface area contributed by atoms with Crippen molar-refractivity contribution >= 4 is 89.6 Å². The van der Waals surface area contributed by atoms with E-state index >= 15 is 0 Å². The maximum atomic E-state index is 14.0. The molecule has 0 saturated carbocycles. The zero-order valence-corrected chi connectivity index (χ0v) is 26.3. The second-order valence-electron chi connectivity index (χ2n) is 7.53. The number of aromatic nitrogens is 1. The normalized spacial score (nSPS) is 10.3. The lowest BCUT2D eigenvalue weighted by atomic mass is 10.1. The van der Waals surface area contributed by atoms with Gasteiger partial charge in [0, 0.05) is 12.4 Å². The Kier molecular flexibility index (Phi) is 13.2. The van der Waals surface area contributed by atoms with Gasteiger partial charge in [-0.25, -0.2) is 23.2 Å². The van der Waals surface area contributed by atoms with Crippen LogP contribution in [0, 0.1) is 11.6 Å². The van der Waals surface area contributed by atoms with E-state index in [1.54, 1.807) is 20.8 Å². The quantitative estimate of drug-likeness (QED) is 0.0637. The second-order valence-corrected chi connectivity index (χ2v) is 9.93. The van der Waals surface area contributed by atoms with Gasteiger partial charge in [0.05, 0.1) is 55.4 Å². The van der Waals surface area contributed by atoms with Crippen LogP contribution in [0.2, 0.25) is 10.0 Å². The molecule has 0 bridgehead atoms. The zero-order valence-electron chi connectivity index (χ0n) is 21.6. The van der Waals surface area contributed by atoms with Crippen LogP contribution in [0.5, 0.6) is 0 Å². The summed E-state index contributed by atoms with van der Waals surface area (Å²) in [5.41, 5.74) is -1.17. The molecule has 15 heteroatoms. The number of carbonyl (C=O) groups is 3. The molecule has 0 fully saturated rings. The Hall–Kier alpha value is -3.00. The van der Waals surface area contributed by atoms with Gasteiger partial charge in [-0.05, 0) is 70.8 Å². The number of anilines is 1. The third-order valence-electron chi connectivity index (χ3n) is 4.91. The van der Waals surface area contributed by atoms with Crippen molar-refractivity contribution in [2.75, 3.05) is 25.1 Å². The Labute approximate surface area is 259 Å². The largest absolute Gasteiger partial charge is 0.462 e. The third-order valence-corrected chi connectivity index (χ3v) is 7.53. The number of hydrogen-bond donors (Lipinski definition) is 2. The van der Waals surface area contributed by atoms with Crippen LogP contribution >= 0.6 is 55.1 Å². The standard InChI is InChI=1S/C14H14BrClFNO4.C12H8BrClFNO3/c1-3-21-13(19)8(14(20)22-4-2)7-18-10-6-5-9(16)11(15)12(10)17;1-2-19-12(18)6-4-16-10-5(11(6)17)3-7(14)8(13)9(10)15/h5-7,18H,3-4H2,1-2H3;3-4H,2H2,1H3,(H,16,17). The highest BCUT2D eigenvalue weighted by Crippen LogP contribution is 2.31. The van der Waals surface area contributed by atoms with Crippen molar-refractivity contribution in [1.29, 1.82) is 0 Å². The number of esters is 3. The van der Waals surface area contributed by atoms with Crippen LogP contribution in [0.1, 0.15) is 31.1 Å². The molecule has 41 heavy (non-hydrogen) atoms. The highest BCUT2D eigenvalue weighted by atomic mass is 79.9. The van der Waals surface area contributed by atoms with E-state index in [4.69, 9.17) is 37.4 Å². The summed E-state index contributed by atoms with van der Waals surface area (Å²) in [7, 11) is 0. The number of rotatable bonds is 8. The molecule has 0 atom stereocenters. The molecular formula is C26H22Br2Cl2F2N2O7. The molecular weight excluding hydrogens is 721 g/mol. The number of halogens is 6. The summed E-state index contributed by atoms with van der Waals surface area (Å²) in [4.78, 5) is 49.7. The number of pyridine rings is 1. The van der Waals surface area contributed by atoms with E-state index in [1.807, 2.05) is 0 Å². The number of nitrogens with one attached hydrogen (secondary N) is 2. The lowest BCUT2D eigenvalue weighted by molar-refractivity contribution is -0.146. The molecule has 2 aromatic carbocycles. The maximum Gasteiger partial charge on any atom is 0.347 e. The van der Waals surface area contributed by atoms with Crippen LogP contribution in [-0.4, -0.2) is 42.7 Å². The maximum absolute atomic E-state index is 14.0. The Bertz CT molecular complexity index is 1550. The molecule has 0 aliphatic carbocycles. The molecule has 9 nitrogen and oxygen atoms in total. The van der Waals surface area contributed by atoms with Gasteiger partial charge in [-0.3, -0.25) is 4.79 Å². The van der Waals surface area contributed by atoms with Crippen LogP contribution in [0.3, 0.4) is 0 Å². The molecule has 3 aromatic rings. The lowest BCUT2D eigenvalue weighted by Crippen LogP contribution is -2.19. The topological polar surface area (TPSA) is 124 Å². The Morgan fingerprint density at radius 1 is 0.927 bits per heavy atom. The van der Waals surface area contributed by atoms with Gasteiger partial charge < -0.3 is 24.5 Å². The van der Waals surface area contributed by atoms with E-state index in [0.29, 0.717) is 0 Å². The molecule has 3 rings (SSSR count). The Morgan fingerprint density at radius 3 is 2.05 bits per heavy atom. The minimum absolute atomic E-state index is 0.00347. The average molecular weight is 743 g/mol. The van der Waals surface area contributed by atoms with Gasteiger partial charge in [0.25, 0.3) is 0 Å². The van der Waals surface area contributed by atoms with E-state index in [-0.39, 0.29) is 66.5 Å². The minimum Gasteiger partial charge on any atom is -0.462 e. The number of H-pyrrole nitrogens is 1. The van der Waals surface area contributed by atoms with Crippen LogP contribution in [-0.2, 0) is 23.8 Å². The van der Waals surface area contributed by atoms with Crippen LogP contribution in [0.4, 0.5) is 14.5 Å². The fourth-order valence-electron chi connectivity index (χ4n) is 3.04. The van der Waals surface area contributed by atoms with Gasteiger partial charge in [0.15, 0.2) is 17.2 Å². The van der Waals surface area contributed by atoms with Gasteiger partial charge in [-0.2, -0.15) is 0 Å². The van der Waals surface area contributed by atoms with E-state index < -0.39 is 35.0 Å². The SMILES string of the molecule is CCOC(=O)C(=CNc1ccc(Cl)c(Br)c1F)C(=O)OCC.CCOC(=O)c1c[nH]c2c(F)c(Br)c(Cl)cc2c1=O. The van der Waals surface area contributed by atoms with Crippen LogP contribution in [0.25, 0.3) is 10.9 Å². The van der Waals surface area contributed by atoms with E-state index in [2.05, 4.69) is 42.2 Å². The lowest BCUT2D eigenvalue weighted by Gasteiger charge is -2.09. The van der Waals surface area contributed by atoms with Gasteiger partial charge >= 0.3 is 17.9 Å². The van der Waals surface area contributed by atoms with Crippen molar-refractivity contribution < 1.29 is 37.4 Å². The molecule has 0 aliphatic rings. The minimum atomic E-state index is -0.859. The molecule has 1 aromatic heterocycles. The smallest absolute Gasteiger partial charge is 0.347 e. The van der Waals surface area contributed by atoms with Gasteiger partial charge in [-0.1, -0.05) is 23.2 Å². The van der Waals surface area contributed by atoms with Crippen molar-refractivity contribution in [3.63, 3.8) is 0 Å². The van der Waals surface area contributed by atoms with Crippen molar-refractivity contribution in [3.05, 3.63) is 82.6 Å². The molecule has 2 N–H and O–H groups in total. The first-order valence-electron chi connectivity index (χ1n) is 11.7. The van der Waals surface area contributed by atoms with E-state index in [1.165, 1.54) is 18.2 Å². The van der Waals surface area contributed by atoms with Crippen molar-refractivity contribution in [1.82, 2.24) is 4.98 Å². The molecule has 0 unspecified atom stereocenters. The first kappa shape index (κ1) is 34.2. The highest BCUT2D eigenvalue weighted by Gasteiger charge is 2.22. The van der Waals surface area contributed by atoms with Crippen molar-refractivity contribution in [3.8, 4) is 0 Å². The monoisotopic (exact) mass is 740 g/mol. The summed E-state index contributed by atoms with van der Waals surface area (Å²) in [5, 5.41) is 2.78. The summed E-state index contributed by atoms with van der Waals surface area (Å²) in [6.07, 6.45) is 2.17. The molecule has 1 heterocycles. The van der Waals surface area contributed by atoms with Gasteiger partial charge in [0.1, 0.15) is 5.56 Å². The molecule has 0 saturated heterocycles. The summed E-state index contributed by atoms with van der Waals surface area (Å²) >= 11 is 17.5. The Morgan fingerprint density at radius 2 is 1.49 bits per heavy atom. The second kappa shape index (κ2) is 15.9. The highest BCUT2D eigenvalue weighted by molar-refractivity contribution is 9.10. The molecule has 0 amide bonds. The fourth-order valence-corrected chi connectivity index (χ4v) is 4.03. The van der Waals surface area contributed by atoms with E-state index in [9.17, 15) is 28.0 Å². The molecule has 0 spiro atoms. The number of aromatic amines is 1. The van der Waals surface area contributed by atoms with Crippen molar-refractivity contribution in [2.45, 2.75) is 20.8 Å². The summed E-state index contributed by atoms with van der Waals surface area (Å²) in [6, 6.07) is 4.12. The molecule has 0 radical (unpaired) electrons. The summed E-state index contributed by atoms with van der Waals surface area (Å²) < 4.78 is 42.3. The third kappa shape index (κ3) is 8.51. The fraction of sp³-hybridized carbons (Fsp3) is 0.231. The zero-order chi connectivity index (χ0) is 30.9. The average Bonchev–Trinajstić information content (AvgIpc) is 2.93. The predicted molar refractivity (Wildman–Crippen MR) is 157 cm³/mol.